The molecule has 6 heteroatoms. The topological polar surface area (TPSA) is 58.6 Å². The summed E-state index contributed by atoms with van der Waals surface area (Å²) >= 11 is 0. The van der Waals surface area contributed by atoms with E-state index in [1.165, 1.54) is 12.1 Å². The zero-order chi connectivity index (χ0) is 22.2. The van der Waals surface area contributed by atoms with Gasteiger partial charge in [0, 0.05) is 25.6 Å². The molecule has 0 atom stereocenters. The molecule has 1 aliphatic heterocycles. The molecule has 1 N–H and O–H groups in total. The minimum atomic E-state index is -0.301. The van der Waals surface area contributed by atoms with Crippen LogP contribution in [0.5, 0.6) is 5.75 Å². The van der Waals surface area contributed by atoms with Crippen molar-refractivity contribution in [2.24, 2.45) is 0 Å². The lowest BCUT2D eigenvalue weighted by Gasteiger charge is -2.32. The number of nitrogens with zero attached hydrogens (tertiary/aromatic N) is 1. The lowest BCUT2D eigenvalue weighted by atomic mass is 10.0. The lowest BCUT2D eigenvalue weighted by molar-refractivity contribution is -0.131. The number of piperidine rings is 1. The van der Waals surface area contributed by atoms with E-state index < -0.39 is 0 Å². The molecule has 2 amide bonds. The number of hydrogen-bond donors (Lipinski definition) is 1. The van der Waals surface area contributed by atoms with E-state index >= 15 is 0 Å². The molecule has 0 aliphatic carbocycles. The average molecular weight is 427 g/mol. The smallest absolute Gasteiger partial charge is 0.226 e. The van der Waals surface area contributed by atoms with E-state index in [-0.39, 0.29) is 30.1 Å². The fourth-order valence-corrected chi connectivity index (χ4v) is 3.90. The number of hydrogen-bond acceptors (Lipinski definition) is 3. The molecule has 0 radical (unpaired) electrons. The average Bonchev–Trinajstić information content (AvgIpc) is 2.75. The Labute approximate surface area is 183 Å². The highest BCUT2D eigenvalue weighted by molar-refractivity contribution is 5.79. The third-order valence-electron chi connectivity index (χ3n) is 5.68. The number of halogens is 1. The molecule has 0 unspecified atom stereocenters. The number of ether oxygens (including phenoxy) is 1. The van der Waals surface area contributed by atoms with Crippen molar-refractivity contribution >= 4 is 11.8 Å². The molecule has 1 saturated heterocycles. The standard InChI is InChI=1S/C25H31FN2O3/c1-18-5-3-6-19(2)25(18)31-16-4-7-23(29)27-22-12-14-28(15-13-22)24(30)17-20-8-10-21(26)11-9-20/h3,5-6,8-11,22H,4,7,12-17H2,1-2H3,(H,27,29). The number of aryl methyl sites for hydroxylation is 2. The van der Waals surface area contributed by atoms with Crippen LogP contribution in [0.25, 0.3) is 0 Å². The summed E-state index contributed by atoms with van der Waals surface area (Å²) < 4.78 is 18.9. The second kappa shape index (κ2) is 10.9. The Balaban J connectivity index is 1.33. The zero-order valence-corrected chi connectivity index (χ0v) is 18.3. The Morgan fingerprint density at radius 1 is 1.06 bits per heavy atom. The molecule has 2 aromatic carbocycles. The summed E-state index contributed by atoms with van der Waals surface area (Å²) in [6.45, 7) is 5.80. The fraction of sp³-hybridized carbons (Fsp3) is 0.440. The third-order valence-corrected chi connectivity index (χ3v) is 5.68. The van der Waals surface area contributed by atoms with Crippen LogP contribution in [0.15, 0.2) is 42.5 Å². The van der Waals surface area contributed by atoms with Gasteiger partial charge in [0.1, 0.15) is 11.6 Å². The van der Waals surface area contributed by atoms with E-state index in [9.17, 15) is 14.0 Å². The summed E-state index contributed by atoms with van der Waals surface area (Å²) in [7, 11) is 0. The van der Waals surface area contributed by atoms with Crippen molar-refractivity contribution < 1.29 is 18.7 Å². The van der Waals surface area contributed by atoms with Crippen LogP contribution >= 0.6 is 0 Å². The van der Waals surface area contributed by atoms with Gasteiger partial charge in [-0.2, -0.15) is 0 Å². The molecule has 0 aromatic heterocycles. The normalized spacial score (nSPS) is 14.4. The van der Waals surface area contributed by atoms with Gasteiger partial charge >= 0.3 is 0 Å². The number of benzene rings is 2. The van der Waals surface area contributed by atoms with Crippen molar-refractivity contribution in [2.45, 2.75) is 52.0 Å². The zero-order valence-electron chi connectivity index (χ0n) is 18.3. The predicted molar refractivity (Wildman–Crippen MR) is 118 cm³/mol. The summed E-state index contributed by atoms with van der Waals surface area (Å²) in [6, 6.07) is 12.2. The minimum Gasteiger partial charge on any atom is -0.493 e. The predicted octanol–water partition coefficient (Wildman–Crippen LogP) is 3.95. The second-order valence-corrected chi connectivity index (χ2v) is 8.20. The van der Waals surface area contributed by atoms with Crippen molar-refractivity contribution in [3.8, 4) is 5.75 Å². The number of amides is 2. The molecule has 2 aromatic rings. The van der Waals surface area contributed by atoms with E-state index in [0.29, 0.717) is 32.5 Å². The summed E-state index contributed by atoms with van der Waals surface area (Å²) in [5.41, 5.74) is 3.01. The molecule has 31 heavy (non-hydrogen) atoms. The van der Waals surface area contributed by atoms with E-state index in [0.717, 1.165) is 35.3 Å². The summed E-state index contributed by atoms with van der Waals surface area (Å²) in [6.07, 6.45) is 2.86. The summed E-state index contributed by atoms with van der Waals surface area (Å²) in [5, 5.41) is 3.08. The van der Waals surface area contributed by atoms with Crippen LogP contribution in [0.2, 0.25) is 0 Å². The van der Waals surface area contributed by atoms with Crippen molar-refractivity contribution in [1.29, 1.82) is 0 Å². The highest BCUT2D eigenvalue weighted by Gasteiger charge is 2.23. The first kappa shape index (κ1) is 22.8. The molecule has 0 bridgehead atoms. The second-order valence-electron chi connectivity index (χ2n) is 8.20. The quantitative estimate of drug-likeness (QED) is 0.651. The van der Waals surface area contributed by atoms with E-state index in [2.05, 4.69) is 5.32 Å². The van der Waals surface area contributed by atoms with Gasteiger partial charge in [-0.3, -0.25) is 9.59 Å². The van der Waals surface area contributed by atoms with Crippen molar-refractivity contribution in [2.75, 3.05) is 19.7 Å². The number of rotatable bonds is 8. The van der Waals surface area contributed by atoms with E-state index in [1.807, 2.05) is 36.9 Å². The van der Waals surface area contributed by atoms with E-state index in [4.69, 9.17) is 4.74 Å². The summed E-state index contributed by atoms with van der Waals surface area (Å²) in [4.78, 5) is 26.5. The number of likely N-dealkylation sites (tertiary alicyclic amines) is 1. The van der Waals surface area contributed by atoms with Crippen LogP contribution in [-0.4, -0.2) is 42.5 Å². The van der Waals surface area contributed by atoms with Crippen LogP contribution in [0.4, 0.5) is 4.39 Å². The molecular formula is C25H31FN2O3. The Kier molecular flexibility index (Phi) is 8.04. The van der Waals surface area contributed by atoms with Crippen LogP contribution in [0.1, 0.15) is 42.4 Å². The number of carbonyl (C=O) groups is 2. The van der Waals surface area contributed by atoms with Gasteiger partial charge in [0.05, 0.1) is 13.0 Å². The van der Waals surface area contributed by atoms with Gasteiger partial charge in [-0.25, -0.2) is 4.39 Å². The maximum atomic E-state index is 13.0. The van der Waals surface area contributed by atoms with Gasteiger partial charge in [-0.1, -0.05) is 30.3 Å². The van der Waals surface area contributed by atoms with E-state index in [1.54, 1.807) is 12.1 Å². The van der Waals surface area contributed by atoms with Crippen LogP contribution in [-0.2, 0) is 16.0 Å². The Morgan fingerprint density at radius 3 is 2.35 bits per heavy atom. The Morgan fingerprint density at radius 2 is 1.71 bits per heavy atom. The van der Waals surface area contributed by atoms with Gasteiger partial charge in [0.15, 0.2) is 0 Å². The highest BCUT2D eigenvalue weighted by Crippen LogP contribution is 2.22. The lowest BCUT2D eigenvalue weighted by Crippen LogP contribution is -2.47. The fourth-order valence-electron chi connectivity index (χ4n) is 3.90. The number of para-hydroxylation sites is 1. The number of carbonyl (C=O) groups excluding carboxylic acids is 2. The van der Waals surface area contributed by atoms with Gasteiger partial charge < -0.3 is 15.0 Å². The first-order valence-corrected chi connectivity index (χ1v) is 10.9. The molecule has 5 nitrogen and oxygen atoms in total. The molecule has 1 aliphatic rings. The molecule has 166 valence electrons. The van der Waals surface area contributed by atoms with Crippen LogP contribution in [0, 0.1) is 19.7 Å². The van der Waals surface area contributed by atoms with Gasteiger partial charge in [-0.05, 0) is 61.9 Å². The molecule has 1 heterocycles. The largest absolute Gasteiger partial charge is 0.493 e. The third kappa shape index (κ3) is 6.81. The first-order valence-electron chi connectivity index (χ1n) is 10.9. The highest BCUT2D eigenvalue weighted by atomic mass is 19.1. The Bertz CT molecular complexity index is 870. The van der Waals surface area contributed by atoms with Gasteiger partial charge in [0.25, 0.3) is 0 Å². The maximum Gasteiger partial charge on any atom is 0.226 e. The molecule has 0 spiro atoms. The van der Waals surface area contributed by atoms with Crippen molar-refractivity contribution in [3.05, 3.63) is 65.0 Å². The SMILES string of the molecule is Cc1cccc(C)c1OCCCC(=O)NC1CCN(C(=O)Cc2ccc(F)cc2)CC1. The maximum absolute atomic E-state index is 13.0. The van der Waals surface area contributed by atoms with Crippen LogP contribution in [0.3, 0.4) is 0 Å². The molecule has 3 rings (SSSR count). The number of nitrogens with one attached hydrogen (secondary N) is 1. The monoisotopic (exact) mass is 426 g/mol. The summed E-state index contributed by atoms with van der Waals surface area (Å²) in [5.74, 6) is 0.673. The first-order chi connectivity index (χ1) is 14.9. The molecule has 0 saturated carbocycles. The van der Waals surface area contributed by atoms with Crippen LogP contribution < -0.4 is 10.1 Å². The van der Waals surface area contributed by atoms with Gasteiger partial charge in [0.2, 0.25) is 11.8 Å². The molecule has 1 fully saturated rings. The Hall–Kier alpha value is -2.89. The molecular weight excluding hydrogens is 395 g/mol. The minimum absolute atomic E-state index is 0.0289. The van der Waals surface area contributed by atoms with Gasteiger partial charge in [-0.15, -0.1) is 0 Å². The van der Waals surface area contributed by atoms with Crippen molar-refractivity contribution in [1.82, 2.24) is 10.2 Å². The van der Waals surface area contributed by atoms with Crippen molar-refractivity contribution in [3.63, 3.8) is 0 Å².